The Labute approximate surface area is 95.1 Å². The standard InChI is InChI=1S/C13H15ClO/c1-8-5-6-9(14)7-12(8)13(15)10-3-2-4-11(10)13/h5-7,10-11,15H,2-4H2,1H3. The quantitative estimate of drug-likeness (QED) is 0.774. The molecule has 0 saturated heterocycles. The van der Waals surface area contributed by atoms with Crippen LogP contribution in [0.5, 0.6) is 0 Å². The summed E-state index contributed by atoms with van der Waals surface area (Å²) in [6.45, 7) is 2.05. The second-order valence-corrected chi connectivity index (χ2v) is 5.36. The summed E-state index contributed by atoms with van der Waals surface area (Å²) in [7, 11) is 0. The van der Waals surface area contributed by atoms with E-state index < -0.39 is 5.60 Å². The van der Waals surface area contributed by atoms with Crippen molar-refractivity contribution in [1.82, 2.24) is 0 Å². The highest BCUT2D eigenvalue weighted by molar-refractivity contribution is 6.30. The molecule has 0 radical (unpaired) electrons. The number of halogens is 1. The van der Waals surface area contributed by atoms with E-state index in [0.717, 1.165) is 16.1 Å². The Kier molecular flexibility index (Phi) is 1.93. The average Bonchev–Trinajstić information content (AvgIpc) is 2.67. The Morgan fingerprint density at radius 3 is 2.67 bits per heavy atom. The molecule has 0 amide bonds. The van der Waals surface area contributed by atoms with E-state index in [4.69, 9.17) is 11.6 Å². The largest absolute Gasteiger partial charge is 0.385 e. The zero-order valence-corrected chi connectivity index (χ0v) is 9.59. The van der Waals surface area contributed by atoms with E-state index >= 15 is 0 Å². The Bertz CT molecular complexity index is 403. The minimum atomic E-state index is -0.548. The predicted molar refractivity (Wildman–Crippen MR) is 60.9 cm³/mol. The maximum atomic E-state index is 10.6. The van der Waals surface area contributed by atoms with E-state index in [9.17, 15) is 5.11 Å². The van der Waals surface area contributed by atoms with Gasteiger partial charge in [0, 0.05) is 5.02 Å². The zero-order chi connectivity index (χ0) is 10.6. The molecule has 3 rings (SSSR count). The van der Waals surface area contributed by atoms with Gasteiger partial charge in [-0.05, 0) is 54.9 Å². The second kappa shape index (κ2) is 2.99. The second-order valence-electron chi connectivity index (χ2n) is 4.93. The van der Waals surface area contributed by atoms with Gasteiger partial charge in [0.2, 0.25) is 0 Å². The van der Waals surface area contributed by atoms with Crippen LogP contribution in [0.15, 0.2) is 18.2 Å². The van der Waals surface area contributed by atoms with Crippen LogP contribution in [0.3, 0.4) is 0 Å². The van der Waals surface area contributed by atoms with Gasteiger partial charge in [-0.15, -0.1) is 0 Å². The topological polar surface area (TPSA) is 20.2 Å². The third-order valence-corrected chi connectivity index (χ3v) is 4.40. The number of rotatable bonds is 1. The van der Waals surface area contributed by atoms with E-state index in [0.29, 0.717) is 11.8 Å². The number of hydrogen-bond donors (Lipinski definition) is 1. The average molecular weight is 223 g/mol. The molecule has 2 aliphatic carbocycles. The Balaban J connectivity index is 2.03. The molecule has 2 atom stereocenters. The highest BCUT2D eigenvalue weighted by Crippen LogP contribution is 2.66. The van der Waals surface area contributed by atoms with Gasteiger partial charge in [-0.1, -0.05) is 24.1 Å². The van der Waals surface area contributed by atoms with Gasteiger partial charge in [0.05, 0.1) is 5.60 Å². The van der Waals surface area contributed by atoms with Crippen LogP contribution in [-0.4, -0.2) is 5.11 Å². The molecule has 1 aromatic rings. The van der Waals surface area contributed by atoms with Gasteiger partial charge in [-0.2, -0.15) is 0 Å². The normalized spacial score (nSPS) is 37.8. The van der Waals surface area contributed by atoms with Crippen molar-refractivity contribution in [2.75, 3.05) is 0 Å². The van der Waals surface area contributed by atoms with E-state index in [1.807, 2.05) is 18.2 Å². The van der Waals surface area contributed by atoms with Crippen LogP contribution in [-0.2, 0) is 5.60 Å². The third kappa shape index (κ3) is 1.20. The van der Waals surface area contributed by atoms with Gasteiger partial charge in [0.15, 0.2) is 0 Å². The van der Waals surface area contributed by atoms with Crippen molar-refractivity contribution < 1.29 is 5.11 Å². The fraction of sp³-hybridized carbons (Fsp3) is 0.538. The minimum Gasteiger partial charge on any atom is -0.385 e. The summed E-state index contributed by atoms with van der Waals surface area (Å²) < 4.78 is 0. The van der Waals surface area contributed by atoms with Crippen LogP contribution in [0, 0.1) is 18.8 Å². The van der Waals surface area contributed by atoms with Crippen LogP contribution in [0.4, 0.5) is 0 Å². The van der Waals surface area contributed by atoms with Crippen molar-refractivity contribution in [3.05, 3.63) is 34.3 Å². The maximum absolute atomic E-state index is 10.6. The van der Waals surface area contributed by atoms with Gasteiger partial charge >= 0.3 is 0 Å². The van der Waals surface area contributed by atoms with Crippen molar-refractivity contribution in [3.8, 4) is 0 Å². The molecule has 1 N–H and O–H groups in total. The molecule has 2 saturated carbocycles. The van der Waals surface area contributed by atoms with Crippen molar-refractivity contribution in [2.45, 2.75) is 31.8 Å². The minimum absolute atomic E-state index is 0.495. The lowest BCUT2D eigenvalue weighted by molar-refractivity contribution is 0.105. The third-order valence-electron chi connectivity index (χ3n) is 4.17. The molecular weight excluding hydrogens is 208 g/mol. The Hall–Kier alpha value is -0.530. The SMILES string of the molecule is Cc1ccc(Cl)cc1C1(O)C2CCCC21. The van der Waals surface area contributed by atoms with Gasteiger partial charge < -0.3 is 5.11 Å². The molecule has 2 heteroatoms. The highest BCUT2D eigenvalue weighted by Gasteiger charge is 2.66. The lowest BCUT2D eigenvalue weighted by Gasteiger charge is -2.17. The van der Waals surface area contributed by atoms with Crippen LogP contribution < -0.4 is 0 Å². The molecule has 80 valence electrons. The maximum Gasteiger partial charge on any atom is 0.0963 e. The fourth-order valence-electron chi connectivity index (χ4n) is 3.35. The molecule has 0 spiro atoms. The first kappa shape index (κ1) is 9.68. The zero-order valence-electron chi connectivity index (χ0n) is 8.83. The number of aliphatic hydroxyl groups is 1. The van der Waals surface area contributed by atoms with Gasteiger partial charge in [-0.25, -0.2) is 0 Å². The summed E-state index contributed by atoms with van der Waals surface area (Å²) in [6, 6.07) is 5.83. The van der Waals surface area contributed by atoms with Crippen LogP contribution in [0.25, 0.3) is 0 Å². The molecule has 1 nitrogen and oxygen atoms in total. The van der Waals surface area contributed by atoms with E-state index in [1.165, 1.54) is 19.3 Å². The van der Waals surface area contributed by atoms with Crippen LogP contribution in [0.1, 0.15) is 30.4 Å². The smallest absolute Gasteiger partial charge is 0.0963 e. The molecular formula is C13H15ClO. The molecule has 0 aromatic heterocycles. The predicted octanol–water partition coefficient (Wildman–Crippen LogP) is 3.27. The number of aryl methyl sites for hydroxylation is 1. The van der Waals surface area contributed by atoms with E-state index in [-0.39, 0.29) is 0 Å². The van der Waals surface area contributed by atoms with Gasteiger partial charge in [0.25, 0.3) is 0 Å². The molecule has 0 aliphatic heterocycles. The summed E-state index contributed by atoms with van der Waals surface area (Å²) >= 11 is 6.00. The lowest BCUT2D eigenvalue weighted by Crippen LogP contribution is -2.14. The summed E-state index contributed by atoms with van der Waals surface area (Å²) in [6.07, 6.45) is 3.62. The first-order chi connectivity index (χ1) is 7.14. The first-order valence-corrected chi connectivity index (χ1v) is 6.01. The highest BCUT2D eigenvalue weighted by atomic mass is 35.5. The van der Waals surface area contributed by atoms with Crippen LogP contribution >= 0.6 is 11.6 Å². The molecule has 0 heterocycles. The number of fused-ring (bicyclic) bond motifs is 1. The van der Waals surface area contributed by atoms with Crippen molar-refractivity contribution in [3.63, 3.8) is 0 Å². The molecule has 1 aromatic carbocycles. The molecule has 2 fully saturated rings. The summed E-state index contributed by atoms with van der Waals surface area (Å²) in [5.74, 6) is 0.990. The van der Waals surface area contributed by atoms with Crippen molar-refractivity contribution >= 4 is 11.6 Å². The summed E-state index contributed by atoms with van der Waals surface area (Å²) in [5.41, 5.74) is 1.67. The molecule has 15 heavy (non-hydrogen) atoms. The lowest BCUT2D eigenvalue weighted by atomic mass is 9.95. The molecule has 2 unspecified atom stereocenters. The van der Waals surface area contributed by atoms with Crippen molar-refractivity contribution in [1.29, 1.82) is 0 Å². The summed E-state index contributed by atoms with van der Waals surface area (Å²) in [5, 5.41) is 11.4. The Morgan fingerprint density at radius 1 is 1.33 bits per heavy atom. The molecule has 0 bridgehead atoms. The first-order valence-electron chi connectivity index (χ1n) is 5.63. The molecule has 2 aliphatic rings. The monoisotopic (exact) mass is 222 g/mol. The number of hydrogen-bond acceptors (Lipinski definition) is 1. The Morgan fingerprint density at radius 2 is 2.00 bits per heavy atom. The number of benzene rings is 1. The summed E-state index contributed by atoms with van der Waals surface area (Å²) in [4.78, 5) is 0. The van der Waals surface area contributed by atoms with Crippen LogP contribution in [0.2, 0.25) is 5.02 Å². The van der Waals surface area contributed by atoms with E-state index in [2.05, 4.69) is 6.92 Å². The van der Waals surface area contributed by atoms with Crippen molar-refractivity contribution in [2.24, 2.45) is 11.8 Å². The fourth-order valence-corrected chi connectivity index (χ4v) is 3.52. The van der Waals surface area contributed by atoms with Gasteiger partial charge in [-0.3, -0.25) is 0 Å². The van der Waals surface area contributed by atoms with E-state index in [1.54, 1.807) is 0 Å². The van der Waals surface area contributed by atoms with Gasteiger partial charge in [0.1, 0.15) is 0 Å².